The van der Waals surface area contributed by atoms with Crippen LogP contribution in [0.25, 0.3) is 0 Å². The zero-order chi connectivity index (χ0) is 24.1. The van der Waals surface area contributed by atoms with E-state index in [1.165, 1.54) is 0 Å². The lowest BCUT2D eigenvalue weighted by atomic mass is 10.0. The Morgan fingerprint density at radius 2 is 1.59 bits per heavy atom. The average Bonchev–Trinajstić information content (AvgIpc) is 2.74. The maximum Gasteiger partial charge on any atom is 0.408 e. The van der Waals surface area contributed by atoms with Crippen molar-refractivity contribution in [2.75, 3.05) is 19.6 Å². The summed E-state index contributed by atoms with van der Waals surface area (Å²) >= 11 is 0. The van der Waals surface area contributed by atoms with Crippen molar-refractivity contribution >= 4 is 17.9 Å². The van der Waals surface area contributed by atoms with Gasteiger partial charge >= 0.3 is 6.09 Å². The highest BCUT2D eigenvalue weighted by Crippen LogP contribution is 2.23. The van der Waals surface area contributed by atoms with Gasteiger partial charge in [-0.3, -0.25) is 9.59 Å². The van der Waals surface area contributed by atoms with Crippen LogP contribution >= 0.6 is 0 Å². The predicted molar refractivity (Wildman–Crippen MR) is 127 cm³/mol. The SMILES string of the molecule is CCCCNC(=O)C(c1ccc(CC)cc1)N(CCCC)C(=O)CNC(=O)OC(C)(C)C. The van der Waals surface area contributed by atoms with Gasteiger partial charge in [-0.15, -0.1) is 0 Å². The molecule has 0 bridgehead atoms. The fourth-order valence-electron chi connectivity index (χ4n) is 3.18. The lowest BCUT2D eigenvalue weighted by Gasteiger charge is -2.32. The van der Waals surface area contributed by atoms with Crippen LogP contribution in [0.5, 0.6) is 0 Å². The Kier molecular flexibility index (Phi) is 11.8. The van der Waals surface area contributed by atoms with Crippen LogP contribution in [0.1, 0.15) is 84.4 Å². The van der Waals surface area contributed by atoms with Gasteiger partial charge in [-0.2, -0.15) is 0 Å². The second-order valence-electron chi connectivity index (χ2n) is 8.94. The maximum atomic E-state index is 13.2. The number of alkyl carbamates (subject to hydrolysis) is 1. The predicted octanol–water partition coefficient (Wildman–Crippen LogP) is 4.36. The van der Waals surface area contributed by atoms with Gasteiger partial charge in [-0.1, -0.05) is 57.9 Å². The highest BCUT2D eigenvalue weighted by Gasteiger charge is 2.31. The zero-order valence-electron chi connectivity index (χ0n) is 20.6. The minimum Gasteiger partial charge on any atom is -0.444 e. The van der Waals surface area contributed by atoms with Gasteiger partial charge in [0, 0.05) is 13.1 Å². The first-order chi connectivity index (χ1) is 15.1. The molecule has 2 N–H and O–H groups in total. The Hall–Kier alpha value is -2.57. The van der Waals surface area contributed by atoms with Crippen molar-refractivity contribution < 1.29 is 19.1 Å². The van der Waals surface area contributed by atoms with Crippen LogP contribution in [-0.2, 0) is 20.7 Å². The minimum absolute atomic E-state index is 0.204. The van der Waals surface area contributed by atoms with Gasteiger partial charge in [-0.05, 0) is 51.2 Å². The van der Waals surface area contributed by atoms with Crippen LogP contribution in [0.4, 0.5) is 4.79 Å². The number of nitrogens with zero attached hydrogens (tertiary/aromatic N) is 1. The van der Waals surface area contributed by atoms with Crippen molar-refractivity contribution in [1.29, 1.82) is 0 Å². The Labute approximate surface area is 193 Å². The summed E-state index contributed by atoms with van der Waals surface area (Å²) in [5.41, 5.74) is 1.27. The maximum absolute atomic E-state index is 13.2. The van der Waals surface area contributed by atoms with Gasteiger partial charge in [0.15, 0.2) is 0 Å². The van der Waals surface area contributed by atoms with Gasteiger partial charge < -0.3 is 20.3 Å². The largest absolute Gasteiger partial charge is 0.444 e. The lowest BCUT2D eigenvalue weighted by molar-refractivity contribution is -0.140. The molecule has 0 radical (unpaired) electrons. The van der Waals surface area contributed by atoms with Crippen LogP contribution < -0.4 is 10.6 Å². The minimum atomic E-state index is -0.753. The molecule has 1 atom stereocenters. The molecule has 1 unspecified atom stereocenters. The third-order valence-corrected chi connectivity index (χ3v) is 4.95. The molecule has 7 heteroatoms. The molecule has 1 aromatic carbocycles. The van der Waals surface area contributed by atoms with Crippen molar-refractivity contribution in [3.05, 3.63) is 35.4 Å². The first-order valence-electron chi connectivity index (χ1n) is 11.8. The van der Waals surface area contributed by atoms with Crippen LogP contribution in [0.15, 0.2) is 24.3 Å². The summed E-state index contributed by atoms with van der Waals surface area (Å²) in [4.78, 5) is 40.0. The van der Waals surface area contributed by atoms with Crippen molar-refractivity contribution in [1.82, 2.24) is 15.5 Å². The van der Waals surface area contributed by atoms with Crippen LogP contribution in [0.3, 0.4) is 0 Å². The number of hydrogen-bond acceptors (Lipinski definition) is 4. The highest BCUT2D eigenvalue weighted by atomic mass is 16.6. The molecule has 0 aliphatic carbocycles. The molecular formula is C25H41N3O4. The molecule has 0 spiro atoms. The second kappa shape index (κ2) is 13.8. The number of rotatable bonds is 12. The van der Waals surface area contributed by atoms with E-state index in [2.05, 4.69) is 24.5 Å². The quantitative estimate of drug-likeness (QED) is 0.466. The van der Waals surface area contributed by atoms with Crippen LogP contribution in [0.2, 0.25) is 0 Å². The molecule has 3 amide bonds. The van der Waals surface area contributed by atoms with E-state index in [1.54, 1.807) is 25.7 Å². The Morgan fingerprint density at radius 3 is 2.12 bits per heavy atom. The number of benzene rings is 1. The second-order valence-corrected chi connectivity index (χ2v) is 8.94. The molecular weight excluding hydrogens is 406 g/mol. The van der Waals surface area contributed by atoms with Crippen LogP contribution in [0, 0.1) is 0 Å². The number of aryl methyl sites for hydroxylation is 1. The number of hydrogen-bond donors (Lipinski definition) is 2. The summed E-state index contributed by atoms with van der Waals surface area (Å²) in [6.07, 6.45) is 3.71. The van der Waals surface area contributed by atoms with E-state index in [4.69, 9.17) is 4.74 Å². The van der Waals surface area contributed by atoms with Crippen molar-refractivity contribution in [2.24, 2.45) is 0 Å². The number of amides is 3. The van der Waals surface area contributed by atoms with E-state index in [0.29, 0.717) is 13.1 Å². The highest BCUT2D eigenvalue weighted by molar-refractivity contribution is 5.90. The van der Waals surface area contributed by atoms with Gasteiger partial charge in [0.2, 0.25) is 11.8 Å². The monoisotopic (exact) mass is 447 g/mol. The first-order valence-corrected chi connectivity index (χ1v) is 11.8. The fourth-order valence-corrected chi connectivity index (χ4v) is 3.18. The topological polar surface area (TPSA) is 87.7 Å². The third kappa shape index (κ3) is 9.71. The standard InChI is InChI=1S/C25H41N3O4/c1-7-10-16-26-23(30)22(20-14-12-19(9-3)13-15-20)28(17-11-8-2)21(29)18-27-24(31)32-25(4,5)6/h12-15,22H,7-11,16-18H2,1-6H3,(H,26,30)(H,27,31). The Bertz CT molecular complexity index is 726. The van der Waals surface area contributed by atoms with Gasteiger partial charge in [0.1, 0.15) is 18.2 Å². The van der Waals surface area contributed by atoms with E-state index >= 15 is 0 Å². The number of carbonyl (C=O) groups excluding carboxylic acids is 3. The summed E-state index contributed by atoms with van der Waals surface area (Å²) in [5, 5.41) is 5.50. The molecule has 180 valence electrons. The zero-order valence-corrected chi connectivity index (χ0v) is 20.6. The summed E-state index contributed by atoms with van der Waals surface area (Å²) in [5.74, 6) is -0.524. The number of nitrogens with one attached hydrogen (secondary N) is 2. The molecule has 0 fully saturated rings. The molecule has 0 aliphatic rings. The molecule has 0 heterocycles. The van der Waals surface area contributed by atoms with E-state index in [1.807, 2.05) is 31.2 Å². The molecule has 7 nitrogen and oxygen atoms in total. The summed E-state index contributed by atoms with van der Waals surface area (Å²) < 4.78 is 5.23. The fraction of sp³-hybridized carbons (Fsp3) is 0.640. The molecule has 0 saturated carbocycles. The average molecular weight is 448 g/mol. The summed E-state index contributed by atoms with van der Waals surface area (Å²) in [7, 11) is 0. The molecule has 0 saturated heterocycles. The van der Waals surface area contributed by atoms with Crippen molar-refractivity contribution in [3.63, 3.8) is 0 Å². The number of ether oxygens (including phenoxy) is 1. The molecule has 1 rings (SSSR count). The lowest BCUT2D eigenvalue weighted by Crippen LogP contribution is -2.48. The summed E-state index contributed by atoms with van der Waals surface area (Å²) in [6, 6.07) is 7.05. The first kappa shape index (κ1) is 27.5. The number of carbonyl (C=O) groups is 3. The van der Waals surface area contributed by atoms with Crippen molar-refractivity contribution in [2.45, 2.75) is 85.3 Å². The van der Waals surface area contributed by atoms with E-state index in [0.717, 1.165) is 43.2 Å². The van der Waals surface area contributed by atoms with E-state index in [-0.39, 0.29) is 18.4 Å². The van der Waals surface area contributed by atoms with Gasteiger partial charge in [0.25, 0.3) is 0 Å². The van der Waals surface area contributed by atoms with Crippen molar-refractivity contribution in [3.8, 4) is 0 Å². The Morgan fingerprint density at radius 1 is 0.969 bits per heavy atom. The molecule has 0 aliphatic heterocycles. The Balaban J connectivity index is 3.12. The number of unbranched alkanes of at least 4 members (excludes halogenated alkanes) is 2. The van der Waals surface area contributed by atoms with Gasteiger partial charge in [0.05, 0.1) is 0 Å². The third-order valence-electron chi connectivity index (χ3n) is 4.95. The smallest absolute Gasteiger partial charge is 0.408 e. The summed E-state index contributed by atoms with van der Waals surface area (Å²) in [6.45, 7) is 12.2. The molecule has 32 heavy (non-hydrogen) atoms. The van der Waals surface area contributed by atoms with Gasteiger partial charge in [-0.25, -0.2) is 4.79 Å². The molecule has 1 aromatic rings. The van der Waals surface area contributed by atoms with Crippen LogP contribution in [-0.4, -0.2) is 48.0 Å². The normalized spacial score (nSPS) is 12.1. The van der Waals surface area contributed by atoms with E-state index < -0.39 is 17.7 Å². The van der Waals surface area contributed by atoms with E-state index in [9.17, 15) is 14.4 Å². The molecule has 0 aromatic heterocycles.